The van der Waals surface area contributed by atoms with E-state index in [1.807, 2.05) is 52.9 Å². The van der Waals surface area contributed by atoms with Crippen LogP contribution in [-0.2, 0) is 0 Å². The quantitative estimate of drug-likeness (QED) is 0.502. The number of carbonyl (C=O) groups is 1. The van der Waals surface area contributed by atoms with E-state index in [0.717, 1.165) is 5.69 Å². The second-order valence-corrected chi connectivity index (χ2v) is 5.58. The van der Waals surface area contributed by atoms with Crippen LogP contribution in [0.25, 0.3) is 5.69 Å². The third-order valence-corrected chi connectivity index (χ3v) is 3.94. The summed E-state index contributed by atoms with van der Waals surface area (Å²) in [5.74, 6) is -0.534. The van der Waals surface area contributed by atoms with E-state index in [1.54, 1.807) is 16.9 Å². The summed E-state index contributed by atoms with van der Waals surface area (Å²) in [7, 11) is 0. The van der Waals surface area contributed by atoms with Gasteiger partial charge in [-0.25, -0.2) is 9.07 Å². The van der Waals surface area contributed by atoms with Crippen LogP contribution in [0.5, 0.6) is 0 Å². The van der Waals surface area contributed by atoms with E-state index in [9.17, 15) is 9.18 Å². The molecule has 0 bridgehead atoms. The molecule has 0 fully saturated rings. The molecule has 1 heterocycles. The summed E-state index contributed by atoms with van der Waals surface area (Å²) < 4.78 is 15.3. The van der Waals surface area contributed by atoms with Crippen molar-refractivity contribution in [2.75, 3.05) is 0 Å². The van der Waals surface area contributed by atoms with Gasteiger partial charge in [0.1, 0.15) is 11.5 Å². The van der Waals surface area contributed by atoms with Crippen molar-refractivity contribution in [3.8, 4) is 5.69 Å². The molecule has 3 nitrogen and oxygen atoms in total. The van der Waals surface area contributed by atoms with Gasteiger partial charge in [0.2, 0.25) is 5.78 Å². The number of halogens is 2. The maximum Gasteiger partial charge on any atom is 0.212 e. The second kappa shape index (κ2) is 5.77. The van der Waals surface area contributed by atoms with Crippen LogP contribution in [0.4, 0.5) is 4.39 Å². The zero-order valence-electron chi connectivity index (χ0n) is 10.8. The Morgan fingerprint density at radius 2 is 1.86 bits per heavy atom. The van der Waals surface area contributed by atoms with Gasteiger partial charge < -0.3 is 0 Å². The molecular weight excluding hydrogens is 382 g/mol. The van der Waals surface area contributed by atoms with Gasteiger partial charge in [-0.05, 0) is 59.0 Å². The van der Waals surface area contributed by atoms with E-state index in [2.05, 4.69) is 5.10 Å². The summed E-state index contributed by atoms with van der Waals surface area (Å²) in [6.07, 6.45) is 1.58. The summed E-state index contributed by atoms with van der Waals surface area (Å²) in [5.41, 5.74) is 1.73. The van der Waals surface area contributed by atoms with Gasteiger partial charge in [-0.3, -0.25) is 4.79 Å². The van der Waals surface area contributed by atoms with Crippen LogP contribution < -0.4 is 0 Å². The first-order valence-corrected chi connectivity index (χ1v) is 7.34. The topological polar surface area (TPSA) is 34.9 Å². The Morgan fingerprint density at radius 1 is 1.10 bits per heavy atom. The average Bonchev–Trinajstić information content (AvgIpc) is 2.97. The molecule has 0 atom stereocenters. The van der Waals surface area contributed by atoms with Gasteiger partial charge in [0.15, 0.2) is 0 Å². The summed E-state index contributed by atoms with van der Waals surface area (Å²) in [6, 6.07) is 15.2. The molecule has 0 aliphatic heterocycles. The molecule has 21 heavy (non-hydrogen) atoms. The summed E-state index contributed by atoms with van der Waals surface area (Å²) in [6.45, 7) is 0. The van der Waals surface area contributed by atoms with Crippen LogP contribution in [-0.4, -0.2) is 15.6 Å². The van der Waals surface area contributed by atoms with Crippen LogP contribution in [0.2, 0.25) is 0 Å². The Labute approximate surface area is 134 Å². The maximum atomic E-state index is 13.2. The minimum Gasteiger partial charge on any atom is -0.287 e. The molecule has 3 rings (SSSR count). The Kier molecular flexibility index (Phi) is 3.83. The Morgan fingerprint density at radius 3 is 2.57 bits per heavy atom. The fraction of sp³-hybridized carbons (Fsp3) is 0. The van der Waals surface area contributed by atoms with Crippen molar-refractivity contribution in [2.24, 2.45) is 0 Å². The first kappa shape index (κ1) is 13.9. The molecule has 0 N–H and O–H groups in total. The molecule has 3 aromatic rings. The standard InChI is InChI=1S/C16H10FIN2O/c17-11-6-7-13(14(18)10-11)16(21)15-8-9-19-20(15)12-4-2-1-3-5-12/h1-10H. The fourth-order valence-electron chi connectivity index (χ4n) is 2.06. The van der Waals surface area contributed by atoms with E-state index in [4.69, 9.17) is 0 Å². The predicted octanol–water partition coefficient (Wildman–Crippen LogP) is 3.85. The number of rotatable bonds is 3. The SMILES string of the molecule is O=C(c1ccc(F)cc1I)c1ccnn1-c1ccccc1. The van der Waals surface area contributed by atoms with Gasteiger partial charge in [0.05, 0.1) is 11.9 Å². The number of aromatic nitrogens is 2. The molecular formula is C16H10FIN2O. The van der Waals surface area contributed by atoms with Gasteiger partial charge in [0, 0.05) is 9.13 Å². The lowest BCUT2D eigenvalue weighted by Crippen LogP contribution is -2.11. The number of nitrogens with zero attached hydrogens (tertiary/aromatic N) is 2. The van der Waals surface area contributed by atoms with Gasteiger partial charge >= 0.3 is 0 Å². The van der Waals surface area contributed by atoms with Gasteiger partial charge in [-0.2, -0.15) is 5.10 Å². The number of hydrogen-bond donors (Lipinski definition) is 0. The Balaban J connectivity index is 2.06. The van der Waals surface area contributed by atoms with Crippen LogP contribution in [0, 0.1) is 9.39 Å². The molecule has 0 amide bonds. The van der Waals surface area contributed by atoms with Crippen molar-refractivity contribution in [1.29, 1.82) is 0 Å². The Hall–Kier alpha value is -2.02. The smallest absolute Gasteiger partial charge is 0.212 e. The minimum absolute atomic E-state index is 0.180. The van der Waals surface area contributed by atoms with Gasteiger partial charge in [-0.1, -0.05) is 18.2 Å². The molecule has 0 radical (unpaired) electrons. The highest BCUT2D eigenvalue weighted by atomic mass is 127. The number of benzene rings is 2. The monoisotopic (exact) mass is 392 g/mol. The molecule has 0 spiro atoms. The molecule has 0 aliphatic carbocycles. The van der Waals surface area contributed by atoms with Gasteiger partial charge in [-0.15, -0.1) is 0 Å². The number of carbonyl (C=O) groups excluding carboxylic acids is 1. The van der Waals surface area contributed by atoms with Crippen LogP contribution in [0.1, 0.15) is 16.1 Å². The zero-order valence-corrected chi connectivity index (χ0v) is 13.0. The number of para-hydroxylation sites is 1. The highest BCUT2D eigenvalue weighted by Crippen LogP contribution is 2.19. The van der Waals surface area contributed by atoms with Crippen LogP contribution in [0.3, 0.4) is 0 Å². The molecule has 0 saturated heterocycles. The van der Waals surface area contributed by atoms with Gasteiger partial charge in [0.25, 0.3) is 0 Å². The molecule has 5 heteroatoms. The normalized spacial score (nSPS) is 10.6. The predicted molar refractivity (Wildman–Crippen MR) is 86.1 cm³/mol. The molecule has 104 valence electrons. The molecule has 1 aromatic heterocycles. The van der Waals surface area contributed by atoms with Crippen molar-refractivity contribution in [3.63, 3.8) is 0 Å². The van der Waals surface area contributed by atoms with Crippen molar-refractivity contribution >= 4 is 28.4 Å². The zero-order chi connectivity index (χ0) is 14.8. The summed E-state index contributed by atoms with van der Waals surface area (Å²) in [4.78, 5) is 12.6. The second-order valence-electron chi connectivity index (χ2n) is 4.42. The Bertz CT molecular complexity index is 799. The van der Waals surface area contributed by atoms with Crippen molar-refractivity contribution in [3.05, 3.63) is 81.4 Å². The first-order valence-electron chi connectivity index (χ1n) is 6.26. The molecule has 2 aromatic carbocycles. The highest BCUT2D eigenvalue weighted by molar-refractivity contribution is 14.1. The lowest BCUT2D eigenvalue weighted by Gasteiger charge is -2.08. The molecule has 0 unspecified atom stereocenters. The van der Waals surface area contributed by atoms with Crippen molar-refractivity contribution in [2.45, 2.75) is 0 Å². The third-order valence-electron chi connectivity index (χ3n) is 3.05. The highest BCUT2D eigenvalue weighted by Gasteiger charge is 2.18. The van der Waals surface area contributed by atoms with Crippen LogP contribution in [0.15, 0.2) is 60.8 Å². The summed E-state index contributed by atoms with van der Waals surface area (Å²) in [5, 5.41) is 4.20. The van der Waals surface area contributed by atoms with Crippen LogP contribution >= 0.6 is 22.6 Å². The third kappa shape index (κ3) is 2.73. The maximum absolute atomic E-state index is 13.2. The molecule has 0 saturated carbocycles. The minimum atomic E-state index is -0.354. The fourth-order valence-corrected chi connectivity index (χ4v) is 2.78. The van der Waals surface area contributed by atoms with E-state index in [-0.39, 0.29) is 11.6 Å². The number of hydrogen-bond acceptors (Lipinski definition) is 2. The number of ketones is 1. The summed E-state index contributed by atoms with van der Waals surface area (Å²) >= 11 is 1.96. The lowest BCUT2D eigenvalue weighted by molar-refractivity contribution is 0.103. The first-order chi connectivity index (χ1) is 10.2. The van der Waals surface area contributed by atoms with E-state index >= 15 is 0 Å². The van der Waals surface area contributed by atoms with E-state index in [0.29, 0.717) is 14.8 Å². The van der Waals surface area contributed by atoms with E-state index < -0.39 is 0 Å². The van der Waals surface area contributed by atoms with Crippen molar-refractivity contribution < 1.29 is 9.18 Å². The molecule has 0 aliphatic rings. The lowest BCUT2D eigenvalue weighted by atomic mass is 10.1. The van der Waals surface area contributed by atoms with E-state index in [1.165, 1.54) is 18.2 Å². The average molecular weight is 392 g/mol. The van der Waals surface area contributed by atoms with Crippen molar-refractivity contribution in [1.82, 2.24) is 9.78 Å². The largest absolute Gasteiger partial charge is 0.287 e.